The molecule has 0 aliphatic rings. The SMILES string of the molecule is Cc1cc(NC(C)C(C)(C)O)ccc1F. The van der Waals surface area contributed by atoms with Crippen molar-refractivity contribution in [3.63, 3.8) is 0 Å². The fourth-order valence-corrected chi connectivity index (χ4v) is 1.16. The van der Waals surface area contributed by atoms with Crippen LogP contribution in [-0.4, -0.2) is 16.7 Å². The number of aliphatic hydroxyl groups is 1. The van der Waals surface area contributed by atoms with Gasteiger partial charge in [-0.2, -0.15) is 0 Å². The summed E-state index contributed by atoms with van der Waals surface area (Å²) >= 11 is 0. The molecule has 84 valence electrons. The molecule has 0 bridgehead atoms. The summed E-state index contributed by atoms with van der Waals surface area (Å²) in [4.78, 5) is 0. The van der Waals surface area contributed by atoms with Gasteiger partial charge >= 0.3 is 0 Å². The van der Waals surface area contributed by atoms with E-state index in [1.54, 1.807) is 32.9 Å². The van der Waals surface area contributed by atoms with E-state index in [9.17, 15) is 9.50 Å². The highest BCUT2D eigenvalue weighted by molar-refractivity contribution is 5.47. The molecule has 0 saturated heterocycles. The Kier molecular flexibility index (Phi) is 3.35. The van der Waals surface area contributed by atoms with Gasteiger partial charge in [-0.25, -0.2) is 4.39 Å². The first-order chi connectivity index (χ1) is 6.80. The van der Waals surface area contributed by atoms with Gasteiger partial charge in [0.25, 0.3) is 0 Å². The van der Waals surface area contributed by atoms with E-state index in [0.717, 1.165) is 5.69 Å². The molecule has 0 spiro atoms. The minimum atomic E-state index is -0.803. The van der Waals surface area contributed by atoms with E-state index in [4.69, 9.17) is 0 Å². The molecule has 0 aromatic heterocycles. The highest BCUT2D eigenvalue weighted by Crippen LogP contribution is 2.18. The van der Waals surface area contributed by atoms with E-state index in [2.05, 4.69) is 5.32 Å². The van der Waals surface area contributed by atoms with Crippen molar-refractivity contribution in [3.05, 3.63) is 29.6 Å². The maximum atomic E-state index is 13.0. The molecule has 0 aliphatic carbocycles. The number of nitrogens with one attached hydrogen (secondary N) is 1. The molecule has 15 heavy (non-hydrogen) atoms. The summed E-state index contributed by atoms with van der Waals surface area (Å²) in [5.41, 5.74) is 0.619. The first kappa shape index (κ1) is 12.0. The zero-order valence-corrected chi connectivity index (χ0v) is 9.63. The Morgan fingerprint density at radius 1 is 1.40 bits per heavy atom. The van der Waals surface area contributed by atoms with Crippen molar-refractivity contribution < 1.29 is 9.50 Å². The largest absolute Gasteiger partial charge is 0.388 e. The van der Waals surface area contributed by atoms with Gasteiger partial charge in [-0.15, -0.1) is 0 Å². The van der Waals surface area contributed by atoms with Gasteiger partial charge in [0.05, 0.1) is 11.6 Å². The van der Waals surface area contributed by atoms with Gasteiger partial charge in [0.15, 0.2) is 0 Å². The predicted molar refractivity (Wildman–Crippen MR) is 60.5 cm³/mol. The number of benzene rings is 1. The summed E-state index contributed by atoms with van der Waals surface area (Å²) in [5, 5.41) is 12.9. The summed E-state index contributed by atoms with van der Waals surface area (Å²) in [6.07, 6.45) is 0. The lowest BCUT2D eigenvalue weighted by Gasteiger charge is -2.27. The number of halogens is 1. The van der Waals surface area contributed by atoms with Gasteiger partial charge in [-0.05, 0) is 51.5 Å². The number of rotatable bonds is 3. The van der Waals surface area contributed by atoms with Crippen LogP contribution in [-0.2, 0) is 0 Å². The summed E-state index contributed by atoms with van der Waals surface area (Å²) < 4.78 is 13.0. The number of hydrogen-bond acceptors (Lipinski definition) is 2. The van der Waals surface area contributed by atoms with Crippen molar-refractivity contribution in [3.8, 4) is 0 Å². The summed E-state index contributed by atoms with van der Waals surface area (Å²) in [5.74, 6) is -0.212. The van der Waals surface area contributed by atoms with Crippen LogP contribution in [0.2, 0.25) is 0 Å². The van der Waals surface area contributed by atoms with Crippen LogP contribution in [0.5, 0.6) is 0 Å². The molecule has 1 aromatic carbocycles. The lowest BCUT2D eigenvalue weighted by Crippen LogP contribution is -2.39. The topological polar surface area (TPSA) is 32.3 Å². The van der Waals surface area contributed by atoms with Crippen LogP contribution in [0.25, 0.3) is 0 Å². The molecular weight excluding hydrogens is 193 g/mol. The average molecular weight is 211 g/mol. The van der Waals surface area contributed by atoms with Gasteiger partial charge in [0, 0.05) is 5.69 Å². The second-order valence-corrected chi connectivity index (χ2v) is 4.48. The average Bonchev–Trinajstić information content (AvgIpc) is 2.10. The molecular formula is C12H18FNO. The fourth-order valence-electron chi connectivity index (χ4n) is 1.16. The van der Waals surface area contributed by atoms with Crippen LogP contribution in [0, 0.1) is 12.7 Å². The van der Waals surface area contributed by atoms with Crippen LogP contribution in [0.3, 0.4) is 0 Å². The fraction of sp³-hybridized carbons (Fsp3) is 0.500. The van der Waals surface area contributed by atoms with E-state index in [1.165, 1.54) is 6.07 Å². The Bertz CT molecular complexity index is 344. The molecule has 0 heterocycles. The molecule has 0 aliphatic heterocycles. The quantitative estimate of drug-likeness (QED) is 0.805. The van der Waals surface area contributed by atoms with Crippen LogP contribution < -0.4 is 5.32 Å². The standard InChI is InChI=1S/C12H18FNO/c1-8-7-10(5-6-11(8)13)14-9(2)12(3,4)15/h5-7,9,14-15H,1-4H3. The highest BCUT2D eigenvalue weighted by atomic mass is 19.1. The molecule has 0 saturated carbocycles. The Morgan fingerprint density at radius 2 is 2.00 bits per heavy atom. The predicted octanol–water partition coefficient (Wildman–Crippen LogP) is 2.71. The van der Waals surface area contributed by atoms with Gasteiger partial charge < -0.3 is 10.4 Å². The van der Waals surface area contributed by atoms with Gasteiger partial charge in [0.1, 0.15) is 5.82 Å². The zero-order chi connectivity index (χ0) is 11.6. The van der Waals surface area contributed by atoms with Crippen molar-refractivity contribution in [2.75, 3.05) is 5.32 Å². The molecule has 0 fully saturated rings. The third-order valence-corrected chi connectivity index (χ3v) is 2.60. The van der Waals surface area contributed by atoms with Crippen molar-refractivity contribution >= 4 is 5.69 Å². The van der Waals surface area contributed by atoms with E-state index in [0.29, 0.717) is 5.56 Å². The molecule has 0 amide bonds. The summed E-state index contributed by atoms with van der Waals surface area (Å²) in [7, 11) is 0. The van der Waals surface area contributed by atoms with Crippen molar-refractivity contribution in [2.45, 2.75) is 39.3 Å². The lowest BCUT2D eigenvalue weighted by molar-refractivity contribution is 0.0649. The third-order valence-electron chi connectivity index (χ3n) is 2.60. The third kappa shape index (κ3) is 3.20. The molecule has 2 nitrogen and oxygen atoms in total. The van der Waals surface area contributed by atoms with E-state index in [-0.39, 0.29) is 11.9 Å². The Labute approximate surface area is 90.1 Å². The normalized spacial score (nSPS) is 13.7. The number of hydrogen-bond donors (Lipinski definition) is 2. The van der Waals surface area contributed by atoms with E-state index < -0.39 is 5.60 Å². The van der Waals surface area contributed by atoms with Gasteiger partial charge in [-0.1, -0.05) is 0 Å². The minimum absolute atomic E-state index is 0.0950. The van der Waals surface area contributed by atoms with Gasteiger partial charge in [-0.3, -0.25) is 0 Å². The number of aryl methyl sites for hydroxylation is 1. The molecule has 1 unspecified atom stereocenters. The maximum Gasteiger partial charge on any atom is 0.126 e. The van der Waals surface area contributed by atoms with E-state index in [1.807, 2.05) is 6.92 Å². The summed E-state index contributed by atoms with van der Waals surface area (Å²) in [6, 6.07) is 4.74. The first-order valence-corrected chi connectivity index (χ1v) is 5.06. The first-order valence-electron chi connectivity index (χ1n) is 5.06. The zero-order valence-electron chi connectivity index (χ0n) is 9.63. The smallest absolute Gasteiger partial charge is 0.126 e. The van der Waals surface area contributed by atoms with Crippen molar-refractivity contribution in [1.29, 1.82) is 0 Å². The second-order valence-electron chi connectivity index (χ2n) is 4.48. The monoisotopic (exact) mass is 211 g/mol. The van der Waals surface area contributed by atoms with Crippen LogP contribution in [0.15, 0.2) is 18.2 Å². The maximum absolute atomic E-state index is 13.0. The van der Waals surface area contributed by atoms with Crippen LogP contribution in [0.1, 0.15) is 26.3 Å². The molecule has 0 radical (unpaired) electrons. The van der Waals surface area contributed by atoms with Gasteiger partial charge in [0.2, 0.25) is 0 Å². The highest BCUT2D eigenvalue weighted by Gasteiger charge is 2.21. The van der Waals surface area contributed by atoms with Crippen molar-refractivity contribution in [1.82, 2.24) is 0 Å². The molecule has 1 atom stereocenters. The minimum Gasteiger partial charge on any atom is -0.388 e. The van der Waals surface area contributed by atoms with E-state index >= 15 is 0 Å². The number of anilines is 1. The Hall–Kier alpha value is -1.09. The molecule has 3 heteroatoms. The van der Waals surface area contributed by atoms with Crippen LogP contribution >= 0.6 is 0 Å². The van der Waals surface area contributed by atoms with Crippen molar-refractivity contribution in [2.24, 2.45) is 0 Å². The second kappa shape index (κ2) is 4.19. The summed E-state index contributed by atoms with van der Waals surface area (Å²) in [6.45, 7) is 7.08. The van der Waals surface area contributed by atoms with Crippen LogP contribution in [0.4, 0.5) is 10.1 Å². The molecule has 2 N–H and O–H groups in total. The molecule has 1 aromatic rings. The Balaban J connectivity index is 2.78. The Morgan fingerprint density at radius 3 is 2.47 bits per heavy atom. The molecule has 1 rings (SSSR count). The lowest BCUT2D eigenvalue weighted by atomic mass is 10.0.